The number of aliphatic imine (C=N–C) groups is 1. The quantitative estimate of drug-likeness (QED) is 0.417. The van der Waals surface area contributed by atoms with Crippen LogP contribution in [0.15, 0.2) is 26.9 Å². The third-order valence-corrected chi connectivity index (χ3v) is 4.95. The molecular formula is C11H15N3O5S2. The molecule has 0 unspecified atom stereocenters. The third kappa shape index (κ3) is 4.02. The second kappa shape index (κ2) is 5.45. The first-order valence-corrected chi connectivity index (χ1v) is 9.31. The van der Waals surface area contributed by atoms with Gasteiger partial charge in [-0.3, -0.25) is 4.79 Å². The predicted octanol–water partition coefficient (Wildman–Crippen LogP) is -0.784. The molecule has 0 aliphatic carbocycles. The van der Waals surface area contributed by atoms with Crippen LogP contribution in [0.5, 0.6) is 0 Å². The molecule has 1 aromatic rings. The topological polar surface area (TPSA) is 150 Å². The van der Waals surface area contributed by atoms with Crippen molar-refractivity contribution in [3.8, 4) is 0 Å². The van der Waals surface area contributed by atoms with Crippen molar-refractivity contribution in [2.45, 2.75) is 16.7 Å². The maximum atomic E-state index is 11.8. The standard InChI is InChI=1S/C11H15N3O5S2/c1-6-4-8(20(2,16)17)9(21(3,18)19)5-7(6)10(15)14-11(12)13/h4-5H,1-3H3,(H4,12,13,14,15)/i12+1,13+1,14+1. The van der Waals surface area contributed by atoms with Crippen molar-refractivity contribution in [3.05, 3.63) is 23.3 Å². The Hall–Kier alpha value is -1.94. The Balaban J connectivity index is 3.77. The average molecular weight is 336 g/mol. The molecule has 0 saturated carbocycles. The molecule has 0 spiro atoms. The van der Waals surface area contributed by atoms with Gasteiger partial charge in [-0.1, -0.05) is 0 Å². The van der Waals surface area contributed by atoms with Gasteiger partial charge >= 0.3 is 0 Å². The number of benzene rings is 1. The normalized spacial score (nSPS) is 12.0. The Morgan fingerprint density at radius 3 is 1.81 bits per heavy atom. The maximum absolute atomic E-state index is 11.8. The van der Waals surface area contributed by atoms with Gasteiger partial charge in [-0.2, -0.15) is 4.99 Å². The SMILES string of the molecule is Cc1cc(S(C)(=O)=O)c(S(C)(=O)=O)cc1C(=O)[15N]=C([15NH2])[15NH2]. The molecule has 0 atom stereocenters. The number of rotatable bonds is 3. The van der Waals surface area contributed by atoms with Crippen molar-refractivity contribution in [2.75, 3.05) is 12.5 Å². The summed E-state index contributed by atoms with van der Waals surface area (Å²) in [7, 11) is -7.64. The number of sulfone groups is 2. The van der Waals surface area contributed by atoms with E-state index >= 15 is 0 Å². The lowest BCUT2D eigenvalue weighted by Gasteiger charge is -2.10. The monoisotopic (exact) mass is 336 g/mol. The highest BCUT2D eigenvalue weighted by atomic mass is 32.2. The van der Waals surface area contributed by atoms with E-state index in [4.69, 9.17) is 11.5 Å². The highest BCUT2D eigenvalue weighted by Crippen LogP contribution is 2.25. The van der Waals surface area contributed by atoms with Crippen LogP contribution in [-0.4, -0.2) is 41.2 Å². The highest BCUT2D eigenvalue weighted by Gasteiger charge is 2.24. The Labute approximate surface area is 122 Å². The zero-order valence-corrected chi connectivity index (χ0v) is 13.2. The summed E-state index contributed by atoms with van der Waals surface area (Å²) in [6, 6.07) is 2.08. The fourth-order valence-electron chi connectivity index (χ4n) is 1.65. The van der Waals surface area contributed by atoms with Crippen LogP contribution >= 0.6 is 0 Å². The molecule has 0 aliphatic rings. The van der Waals surface area contributed by atoms with E-state index in [-0.39, 0.29) is 16.0 Å². The minimum atomic E-state index is -3.86. The van der Waals surface area contributed by atoms with Crippen LogP contribution in [0.4, 0.5) is 0 Å². The average Bonchev–Trinajstić information content (AvgIpc) is 2.24. The van der Waals surface area contributed by atoms with Gasteiger partial charge < -0.3 is 11.5 Å². The second-order valence-electron chi connectivity index (χ2n) is 4.50. The van der Waals surface area contributed by atoms with Gasteiger partial charge in [-0.25, -0.2) is 16.8 Å². The smallest absolute Gasteiger partial charge is 0.280 e. The van der Waals surface area contributed by atoms with Gasteiger partial charge in [-0.15, -0.1) is 0 Å². The lowest BCUT2D eigenvalue weighted by molar-refractivity contribution is 0.100. The minimum Gasteiger partial charge on any atom is -0.370 e. The molecule has 0 heterocycles. The maximum Gasteiger partial charge on any atom is 0.280 e. The van der Waals surface area contributed by atoms with Gasteiger partial charge in [0.05, 0.1) is 9.79 Å². The lowest BCUT2D eigenvalue weighted by atomic mass is 10.1. The summed E-state index contributed by atoms with van der Waals surface area (Å²) in [5.41, 5.74) is 10.4. The first kappa shape index (κ1) is 17.1. The van der Waals surface area contributed by atoms with E-state index in [0.29, 0.717) is 0 Å². The molecule has 4 N–H and O–H groups in total. The Morgan fingerprint density at radius 1 is 1.00 bits per heavy atom. The number of hydrogen-bond donors (Lipinski definition) is 2. The van der Waals surface area contributed by atoms with E-state index in [9.17, 15) is 21.6 Å². The van der Waals surface area contributed by atoms with Gasteiger partial charge in [0.25, 0.3) is 5.91 Å². The molecule has 0 aliphatic heterocycles. The fraction of sp³-hybridized carbons (Fsp3) is 0.273. The molecular weight excluding hydrogens is 321 g/mol. The summed E-state index contributed by atoms with van der Waals surface area (Å²) in [4.78, 5) is 14.3. The summed E-state index contributed by atoms with van der Waals surface area (Å²) in [5, 5.41) is 0. The highest BCUT2D eigenvalue weighted by molar-refractivity contribution is 7.93. The first-order chi connectivity index (χ1) is 9.34. The third-order valence-electron chi connectivity index (χ3n) is 2.55. The van der Waals surface area contributed by atoms with Crippen LogP contribution in [0.1, 0.15) is 15.9 Å². The van der Waals surface area contributed by atoms with E-state index in [1.165, 1.54) is 6.92 Å². The molecule has 1 aromatic carbocycles. The van der Waals surface area contributed by atoms with Gasteiger partial charge in [0.1, 0.15) is 0 Å². The number of aryl methyl sites for hydroxylation is 1. The van der Waals surface area contributed by atoms with Crippen LogP contribution in [0, 0.1) is 6.92 Å². The number of nitrogens with two attached hydrogens (primary N) is 2. The van der Waals surface area contributed by atoms with Gasteiger partial charge in [-0.05, 0) is 24.6 Å². The summed E-state index contributed by atoms with van der Waals surface area (Å²) in [6.07, 6.45) is 1.73. The molecule has 116 valence electrons. The summed E-state index contributed by atoms with van der Waals surface area (Å²) < 4.78 is 46.9. The summed E-state index contributed by atoms with van der Waals surface area (Å²) in [6.45, 7) is 1.45. The van der Waals surface area contributed by atoms with Gasteiger partial charge in [0.15, 0.2) is 25.6 Å². The van der Waals surface area contributed by atoms with E-state index < -0.39 is 36.4 Å². The molecule has 1 amide bonds. The molecule has 0 fully saturated rings. The molecule has 8 nitrogen and oxygen atoms in total. The number of nitrogens with zero attached hydrogens (tertiary/aromatic N) is 1. The second-order valence-corrected chi connectivity index (χ2v) is 8.47. The molecule has 0 radical (unpaired) electrons. The largest absolute Gasteiger partial charge is 0.370 e. The first-order valence-electron chi connectivity index (χ1n) is 5.52. The zero-order valence-electron chi connectivity index (χ0n) is 11.6. The molecule has 0 aromatic heterocycles. The predicted molar refractivity (Wildman–Crippen MR) is 77.5 cm³/mol. The van der Waals surface area contributed by atoms with Crippen molar-refractivity contribution < 1.29 is 21.6 Å². The molecule has 0 saturated heterocycles. The number of carbonyl (C=O) groups is 1. The number of guanidine groups is 1. The van der Waals surface area contributed by atoms with E-state index in [1.54, 1.807) is 0 Å². The Kier molecular flexibility index (Phi) is 4.44. The lowest BCUT2D eigenvalue weighted by Crippen LogP contribution is -2.24. The summed E-state index contributed by atoms with van der Waals surface area (Å²) >= 11 is 0. The van der Waals surface area contributed by atoms with Crippen molar-refractivity contribution in [1.82, 2.24) is 0 Å². The van der Waals surface area contributed by atoms with Crippen molar-refractivity contribution >= 4 is 31.5 Å². The molecule has 10 heteroatoms. The number of hydrogen-bond acceptors (Lipinski definition) is 5. The van der Waals surface area contributed by atoms with Crippen molar-refractivity contribution in [1.29, 1.82) is 0 Å². The van der Waals surface area contributed by atoms with Crippen LogP contribution in [-0.2, 0) is 19.7 Å². The molecule has 1 rings (SSSR count). The molecule has 21 heavy (non-hydrogen) atoms. The zero-order chi connectivity index (χ0) is 16.6. The van der Waals surface area contributed by atoms with Crippen LogP contribution in [0.2, 0.25) is 0 Å². The van der Waals surface area contributed by atoms with E-state index in [1.807, 2.05) is 0 Å². The van der Waals surface area contributed by atoms with Crippen molar-refractivity contribution in [2.24, 2.45) is 16.5 Å². The van der Waals surface area contributed by atoms with Crippen LogP contribution in [0.25, 0.3) is 0 Å². The number of amides is 1. The van der Waals surface area contributed by atoms with Crippen LogP contribution < -0.4 is 11.5 Å². The fourth-order valence-corrected chi connectivity index (χ4v) is 4.13. The minimum absolute atomic E-state index is 0.0868. The number of carbonyl (C=O) groups excluding carboxylic acids is 1. The molecule has 0 bridgehead atoms. The van der Waals surface area contributed by atoms with Gasteiger partial charge in [0.2, 0.25) is 0 Å². The van der Waals surface area contributed by atoms with Crippen molar-refractivity contribution in [3.63, 3.8) is 0 Å². The van der Waals surface area contributed by atoms with Gasteiger partial charge in [0, 0.05) is 18.1 Å². The Bertz CT molecular complexity index is 835. The summed E-state index contributed by atoms with van der Waals surface area (Å²) in [5.74, 6) is -1.33. The van der Waals surface area contributed by atoms with Crippen LogP contribution in [0.3, 0.4) is 0 Å². The van der Waals surface area contributed by atoms with E-state index in [0.717, 1.165) is 24.6 Å². The van der Waals surface area contributed by atoms with E-state index in [2.05, 4.69) is 4.99 Å². The Morgan fingerprint density at radius 2 is 1.43 bits per heavy atom.